The summed E-state index contributed by atoms with van der Waals surface area (Å²) < 4.78 is 13.0. The zero-order valence-electron chi connectivity index (χ0n) is 13.8. The van der Waals surface area contributed by atoms with E-state index in [2.05, 4.69) is 12.2 Å². The van der Waals surface area contributed by atoms with E-state index in [0.29, 0.717) is 24.4 Å². The Labute approximate surface area is 137 Å². The minimum atomic E-state index is -0.227. The van der Waals surface area contributed by atoms with E-state index in [9.17, 15) is 9.18 Å². The van der Waals surface area contributed by atoms with Crippen molar-refractivity contribution in [1.29, 1.82) is 0 Å². The van der Waals surface area contributed by atoms with Gasteiger partial charge in [0.1, 0.15) is 5.82 Å². The van der Waals surface area contributed by atoms with Crippen molar-refractivity contribution >= 4 is 5.91 Å². The number of hydrogen-bond acceptors (Lipinski definition) is 2. The standard InChI is InChI=1S/C19H27FN2O/c1-12(13-5-7-17(20)8-6-13)11-22-19(23)16-9-14-3-2-4-15(10-16)18(14)21/h5-8,12,14-16,18H,2-4,9-11,21H2,1H3,(H,22,23). The number of halogens is 1. The number of hydrogen-bond donors (Lipinski definition) is 2. The van der Waals surface area contributed by atoms with Gasteiger partial charge in [0, 0.05) is 18.5 Å². The van der Waals surface area contributed by atoms with Crippen LogP contribution in [0.25, 0.3) is 0 Å². The Balaban J connectivity index is 1.52. The molecule has 0 heterocycles. The molecule has 23 heavy (non-hydrogen) atoms. The molecule has 3 atom stereocenters. The molecule has 2 aliphatic carbocycles. The third-order valence-electron chi connectivity index (χ3n) is 5.81. The molecule has 1 aromatic carbocycles. The number of carbonyl (C=O) groups excluding carboxylic acids is 1. The topological polar surface area (TPSA) is 55.1 Å². The molecule has 3 rings (SSSR count). The van der Waals surface area contributed by atoms with Crippen molar-refractivity contribution in [3.8, 4) is 0 Å². The van der Waals surface area contributed by atoms with E-state index in [4.69, 9.17) is 5.73 Å². The molecule has 1 amide bonds. The van der Waals surface area contributed by atoms with Gasteiger partial charge in [-0.15, -0.1) is 0 Å². The highest BCUT2D eigenvalue weighted by Gasteiger charge is 2.40. The van der Waals surface area contributed by atoms with Gasteiger partial charge in [0.2, 0.25) is 5.91 Å². The Morgan fingerprint density at radius 1 is 1.26 bits per heavy atom. The number of fused-ring (bicyclic) bond motifs is 2. The first kappa shape index (κ1) is 16.4. The molecule has 2 fully saturated rings. The molecule has 0 radical (unpaired) electrons. The molecular weight excluding hydrogens is 291 g/mol. The van der Waals surface area contributed by atoms with E-state index < -0.39 is 0 Å². The third kappa shape index (κ3) is 3.74. The molecule has 1 aromatic rings. The van der Waals surface area contributed by atoms with Crippen LogP contribution >= 0.6 is 0 Å². The highest BCUT2D eigenvalue weighted by molar-refractivity contribution is 5.78. The lowest BCUT2D eigenvalue weighted by atomic mass is 9.65. The van der Waals surface area contributed by atoms with Crippen LogP contribution in [0.1, 0.15) is 50.5 Å². The fourth-order valence-electron chi connectivity index (χ4n) is 4.31. The summed E-state index contributed by atoms with van der Waals surface area (Å²) in [4.78, 5) is 12.5. The molecule has 2 aliphatic rings. The second-order valence-electron chi connectivity index (χ2n) is 7.39. The summed E-state index contributed by atoms with van der Waals surface area (Å²) in [5.74, 6) is 1.29. The highest BCUT2D eigenvalue weighted by Crippen LogP contribution is 2.41. The summed E-state index contributed by atoms with van der Waals surface area (Å²) in [5.41, 5.74) is 7.34. The Bertz CT molecular complexity index is 531. The molecule has 126 valence electrons. The molecule has 3 unspecified atom stereocenters. The Kier molecular flexibility index (Phi) is 5.00. The largest absolute Gasteiger partial charge is 0.355 e. The van der Waals surface area contributed by atoms with E-state index in [1.165, 1.54) is 31.4 Å². The number of nitrogens with one attached hydrogen (secondary N) is 1. The van der Waals surface area contributed by atoms with E-state index in [0.717, 1.165) is 18.4 Å². The van der Waals surface area contributed by atoms with Crippen LogP contribution in [0.15, 0.2) is 24.3 Å². The van der Waals surface area contributed by atoms with Gasteiger partial charge in [0.15, 0.2) is 0 Å². The predicted molar refractivity (Wildman–Crippen MR) is 89.4 cm³/mol. The van der Waals surface area contributed by atoms with Crippen LogP contribution in [0.5, 0.6) is 0 Å². The molecule has 3 nitrogen and oxygen atoms in total. The summed E-state index contributed by atoms with van der Waals surface area (Å²) in [7, 11) is 0. The quantitative estimate of drug-likeness (QED) is 0.896. The smallest absolute Gasteiger partial charge is 0.223 e. The SMILES string of the molecule is CC(CNC(=O)C1CC2CCCC(C1)C2N)c1ccc(F)cc1. The lowest BCUT2D eigenvalue weighted by Crippen LogP contribution is -2.49. The maximum Gasteiger partial charge on any atom is 0.223 e. The van der Waals surface area contributed by atoms with Crippen molar-refractivity contribution in [2.75, 3.05) is 6.54 Å². The maximum absolute atomic E-state index is 13.0. The van der Waals surface area contributed by atoms with Crippen LogP contribution in [0.4, 0.5) is 4.39 Å². The molecule has 0 aliphatic heterocycles. The average molecular weight is 318 g/mol. The first-order chi connectivity index (χ1) is 11.0. The molecule has 3 N–H and O–H groups in total. The van der Waals surface area contributed by atoms with Crippen LogP contribution in [0, 0.1) is 23.6 Å². The summed E-state index contributed by atoms with van der Waals surface area (Å²) in [5, 5.41) is 3.10. The summed E-state index contributed by atoms with van der Waals surface area (Å²) >= 11 is 0. The molecule has 2 saturated carbocycles. The van der Waals surface area contributed by atoms with Gasteiger partial charge in [0.25, 0.3) is 0 Å². The monoisotopic (exact) mass is 318 g/mol. The van der Waals surface area contributed by atoms with E-state index >= 15 is 0 Å². The molecule has 0 spiro atoms. The first-order valence-electron chi connectivity index (χ1n) is 8.83. The van der Waals surface area contributed by atoms with E-state index in [1.807, 2.05) is 0 Å². The summed E-state index contributed by atoms with van der Waals surface area (Å²) in [6, 6.07) is 6.81. The number of rotatable bonds is 4. The average Bonchev–Trinajstić information content (AvgIpc) is 2.52. The zero-order chi connectivity index (χ0) is 16.4. The van der Waals surface area contributed by atoms with Gasteiger partial charge in [-0.2, -0.15) is 0 Å². The molecule has 4 heteroatoms. The number of nitrogens with two attached hydrogens (primary N) is 1. The van der Waals surface area contributed by atoms with Crippen molar-refractivity contribution in [3.63, 3.8) is 0 Å². The fraction of sp³-hybridized carbons (Fsp3) is 0.632. The molecule has 0 saturated heterocycles. The summed E-state index contributed by atoms with van der Waals surface area (Å²) in [6.45, 7) is 2.65. The van der Waals surface area contributed by atoms with Crippen LogP contribution in [0.3, 0.4) is 0 Å². The number of benzene rings is 1. The van der Waals surface area contributed by atoms with Crippen molar-refractivity contribution in [2.24, 2.45) is 23.5 Å². The Morgan fingerprint density at radius 2 is 1.87 bits per heavy atom. The first-order valence-corrected chi connectivity index (χ1v) is 8.83. The lowest BCUT2D eigenvalue weighted by Gasteiger charge is -2.43. The van der Waals surface area contributed by atoms with Crippen LogP contribution in [0.2, 0.25) is 0 Å². The lowest BCUT2D eigenvalue weighted by molar-refractivity contribution is -0.127. The Hall–Kier alpha value is -1.42. The van der Waals surface area contributed by atoms with Gasteiger partial charge in [-0.3, -0.25) is 4.79 Å². The van der Waals surface area contributed by atoms with Crippen molar-refractivity contribution in [3.05, 3.63) is 35.6 Å². The predicted octanol–water partition coefficient (Wildman–Crippen LogP) is 3.20. The third-order valence-corrected chi connectivity index (χ3v) is 5.81. The number of amides is 1. The van der Waals surface area contributed by atoms with Crippen molar-refractivity contribution in [1.82, 2.24) is 5.32 Å². The highest BCUT2D eigenvalue weighted by atomic mass is 19.1. The fourth-order valence-corrected chi connectivity index (χ4v) is 4.31. The Morgan fingerprint density at radius 3 is 2.48 bits per heavy atom. The number of carbonyl (C=O) groups is 1. The van der Waals surface area contributed by atoms with Gasteiger partial charge in [-0.1, -0.05) is 25.5 Å². The van der Waals surface area contributed by atoms with E-state index in [-0.39, 0.29) is 23.6 Å². The summed E-state index contributed by atoms with van der Waals surface area (Å²) in [6.07, 6.45) is 5.49. The van der Waals surface area contributed by atoms with Gasteiger partial charge in [-0.05, 0) is 61.1 Å². The van der Waals surface area contributed by atoms with Gasteiger partial charge < -0.3 is 11.1 Å². The second-order valence-corrected chi connectivity index (χ2v) is 7.39. The van der Waals surface area contributed by atoms with Gasteiger partial charge >= 0.3 is 0 Å². The maximum atomic E-state index is 13.0. The zero-order valence-corrected chi connectivity index (χ0v) is 13.8. The molecule has 2 bridgehead atoms. The van der Waals surface area contributed by atoms with E-state index in [1.54, 1.807) is 12.1 Å². The minimum absolute atomic E-state index is 0.116. The molecular formula is C19H27FN2O. The van der Waals surface area contributed by atoms with Gasteiger partial charge in [0.05, 0.1) is 0 Å². The normalized spacial score (nSPS) is 31.4. The van der Waals surface area contributed by atoms with Crippen molar-refractivity contribution in [2.45, 2.75) is 51.0 Å². The van der Waals surface area contributed by atoms with Crippen LogP contribution in [-0.4, -0.2) is 18.5 Å². The van der Waals surface area contributed by atoms with Crippen LogP contribution < -0.4 is 11.1 Å². The van der Waals surface area contributed by atoms with Gasteiger partial charge in [-0.25, -0.2) is 4.39 Å². The van der Waals surface area contributed by atoms with Crippen LogP contribution in [-0.2, 0) is 4.79 Å². The molecule has 0 aromatic heterocycles. The van der Waals surface area contributed by atoms with Crippen molar-refractivity contribution < 1.29 is 9.18 Å². The minimum Gasteiger partial charge on any atom is -0.355 e. The second kappa shape index (κ2) is 7.00.